The number of hydrogen-bond acceptors (Lipinski definition) is 3. The summed E-state index contributed by atoms with van der Waals surface area (Å²) in [6, 6.07) is 7.20. The summed E-state index contributed by atoms with van der Waals surface area (Å²) < 4.78 is 4.95. The summed E-state index contributed by atoms with van der Waals surface area (Å²) in [4.78, 5) is 12.4. The number of hydrogen-bond donors (Lipinski definition) is 1. The Balaban J connectivity index is 2.64. The van der Waals surface area contributed by atoms with Crippen LogP contribution in [-0.2, 0) is 4.74 Å². The van der Waals surface area contributed by atoms with Gasteiger partial charge in [0, 0.05) is 5.69 Å². The van der Waals surface area contributed by atoms with Gasteiger partial charge in [-0.3, -0.25) is 0 Å². The van der Waals surface area contributed by atoms with E-state index in [0.717, 1.165) is 29.9 Å². The highest BCUT2D eigenvalue weighted by Gasteiger charge is 2.07. The molecule has 0 spiro atoms. The Morgan fingerprint density at radius 1 is 1.39 bits per heavy atom. The summed E-state index contributed by atoms with van der Waals surface area (Å²) in [7, 11) is 0. The van der Waals surface area contributed by atoms with Crippen LogP contribution in [0.3, 0.4) is 0 Å². The van der Waals surface area contributed by atoms with Gasteiger partial charge in [-0.2, -0.15) is 0 Å². The fraction of sp³-hybridized carbons (Fsp3) is 0.429. The molecule has 18 heavy (non-hydrogen) atoms. The lowest BCUT2D eigenvalue weighted by Crippen LogP contribution is -2.10. The van der Waals surface area contributed by atoms with Gasteiger partial charge in [-0.15, -0.1) is 0 Å². The van der Waals surface area contributed by atoms with E-state index in [-0.39, 0.29) is 5.97 Å². The van der Waals surface area contributed by atoms with Crippen molar-refractivity contribution in [2.75, 3.05) is 11.9 Å². The number of anilines is 1. The van der Waals surface area contributed by atoms with E-state index in [1.807, 2.05) is 12.1 Å². The van der Waals surface area contributed by atoms with Crippen molar-refractivity contribution >= 4 is 28.9 Å². The molecule has 0 saturated heterocycles. The lowest BCUT2D eigenvalue weighted by Gasteiger charge is -2.09. The quantitative estimate of drug-likeness (QED) is 0.627. The Morgan fingerprint density at radius 2 is 2.17 bits per heavy atom. The van der Waals surface area contributed by atoms with Crippen LogP contribution in [0.2, 0.25) is 0 Å². The average Bonchev–Trinajstić information content (AvgIpc) is 2.37. The summed E-state index contributed by atoms with van der Waals surface area (Å²) in [5.74, 6) is -0.305. The molecule has 0 aliphatic carbocycles. The monoisotopic (exact) mass is 265 g/mol. The first-order valence-corrected chi connectivity index (χ1v) is 6.65. The number of ether oxygens (including phenoxy) is 1. The summed E-state index contributed by atoms with van der Waals surface area (Å²) in [5.41, 5.74) is 1.38. The number of rotatable bonds is 6. The summed E-state index contributed by atoms with van der Waals surface area (Å²) in [5, 5.41) is 3.14. The molecular formula is C14H19NO2S. The second-order valence-corrected chi connectivity index (χ2v) is 4.45. The highest BCUT2D eigenvalue weighted by Crippen LogP contribution is 2.13. The van der Waals surface area contributed by atoms with Gasteiger partial charge in [-0.25, -0.2) is 4.79 Å². The van der Waals surface area contributed by atoms with Crippen molar-refractivity contribution in [1.29, 1.82) is 0 Å². The molecule has 1 rings (SSSR count). The maximum Gasteiger partial charge on any atom is 0.338 e. The molecule has 0 aliphatic heterocycles. The van der Waals surface area contributed by atoms with E-state index in [2.05, 4.69) is 12.2 Å². The molecular weight excluding hydrogens is 246 g/mol. The summed E-state index contributed by atoms with van der Waals surface area (Å²) in [6.07, 6.45) is 3.06. The predicted octanol–water partition coefficient (Wildman–Crippen LogP) is 3.79. The molecule has 0 amide bonds. The molecule has 98 valence electrons. The third-order valence-corrected chi connectivity index (χ3v) is 2.72. The van der Waals surface area contributed by atoms with Gasteiger partial charge in [0.1, 0.15) is 0 Å². The minimum atomic E-state index is -0.305. The molecule has 4 heteroatoms. The van der Waals surface area contributed by atoms with Gasteiger partial charge >= 0.3 is 5.97 Å². The van der Waals surface area contributed by atoms with E-state index in [1.54, 1.807) is 19.1 Å². The van der Waals surface area contributed by atoms with Crippen LogP contribution in [0.1, 0.15) is 43.5 Å². The summed E-state index contributed by atoms with van der Waals surface area (Å²) >= 11 is 5.23. The van der Waals surface area contributed by atoms with Gasteiger partial charge in [0.05, 0.1) is 17.2 Å². The second kappa shape index (κ2) is 7.82. The molecule has 0 unspecified atom stereocenters. The lowest BCUT2D eigenvalue weighted by molar-refractivity contribution is 0.0526. The first kappa shape index (κ1) is 14.6. The first-order valence-electron chi connectivity index (χ1n) is 6.24. The van der Waals surface area contributed by atoms with E-state index < -0.39 is 0 Å². The van der Waals surface area contributed by atoms with Crippen LogP contribution in [0.4, 0.5) is 5.69 Å². The smallest absolute Gasteiger partial charge is 0.338 e. The molecule has 0 heterocycles. The minimum absolute atomic E-state index is 0.305. The molecule has 0 fully saturated rings. The number of benzene rings is 1. The maximum absolute atomic E-state index is 11.6. The Hall–Kier alpha value is -1.42. The molecule has 1 N–H and O–H groups in total. The van der Waals surface area contributed by atoms with E-state index in [0.29, 0.717) is 12.2 Å². The Morgan fingerprint density at radius 3 is 2.83 bits per heavy atom. The molecule has 1 aromatic carbocycles. The van der Waals surface area contributed by atoms with Crippen molar-refractivity contribution < 1.29 is 9.53 Å². The molecule has 0 aliphatic rings. The van der Waals surface area contributed by atoms with E-state index >= 15 is 0 Å². The molecule has 0 bridgehead atoms. The topological polar surface area (TPSA) is 38.3 Å². The third kappa shape index (κ3) is 4.84. The van der Waals surface area contributed by atoms with Crippen LogP contribution in [-0.4, -0.2) is 17.6 Å². The van der Waals surface area contributed by atoms with Gasteiger partial charge in [-0.1, -0.05) is 31.6 Å². The minimum Gasteiger partial charge on any atom is -0.462 e. The maximum atomic E-state index is 11.6. The van der Waals surface area contributed by atoms with Crippen LogP contribution in [0.5, 0.6) is 0 Å². The molecule has 0 saturated carbocycles. The Kier molecular flexibility index (Phi) is 6.36. The van der Waals surface area contributed by atoms with Crippen molar-refractivity contribution in [3.63, 3.8) is 0 Å². The summed E-state index contributed by atoms with van der Waals surface area (Å²) in [6.45, 7) is 4.30. The van der Waals surface area contributed by atoms with Gasteiger partial charge < -0.3 is 10.1 Å². The van der Waals surface area contributed by atoms with E-state index in [1.165, 1.54) is 0 Å². The fourth-order valence-corrected chi connectivity index (χ4v) is 1.76. The SMILES string of the molecule is CCCCC(=S)Nc1cccc(C(=O)OCC)c1. The zero-order valence-corrected chi connectivity index (χ0v) is 11.7. The van der Waals surface area contributed by atoms with Gasteiger partial charge in [0.25, 0.3) is 0 Å². The standard InChI is InChI=1S/C14H19NO2S/c1-3-5-9-13(18)15-12-8-6-7-11(10-12)14(16)17-4-2/h6-8,10H,3-5,9H2,1-2H3,(H,15,18). The number of esters is 1. The number of unbranched alkanes of at least 4 members (excludes halogenated alkanes) is 1. The highest BCUT2D eigenvalue weighted by molar-refractivity contribution is 7.80. The van der Waals surface area contributed by atoms with Gasteiger partial charge in [-0.05, 0) is 38.0 Å². The van der Waals surface area contributed by atoms with Crippen LogP contribution in [0.15, 0.2) is 24.3 Å². The normalized spacial score (nSPS) is 9.89. The number of carbonyl (C=O) groups is 1. The van der Waals surface area contributed by atoms with Gasteiger partial charge in [0.2, 0.25) is 0 Å². The highest BCUT2D eigenvalue weighted by atomic mass is 32.1. The van der Waals surface area contributed by atoms with Crippen LogP contribution >= 0.6 is 12.2 Å². The molecule has 3 nitrogen and oxygen atoms in total. The van der Waals surface area contributed by atoms with Gasteiger partial charge in [0.15, 0.2) is 0 Å². The third-order valence-electron chi connectivity index (χ3n) is 2.41. The number of thiocarbonyl (C=S) groups is 1. The zero-order chi connectivity index (χ0) is 13.4. The van der Waals surface area contributed by atoms with Crippen molar-refractivity contribution in [1.82, 2.24) is 0 Å². The molecule has 0 atom stereocenters. The molecule has 0 aromatic heterocycles. The second-order valence-electron chi connectivity index (χ2n) is 3.95. The Bertz CT molecular complexity index is 418. The first-order chi connectivity index (χ1) is 8.67. The number of carbonyl (C=O) groups excluding carboxylic acids is 1. The Labute approximate surface area is 114 Å². The van der Waals surface area contributed by atoms with Crippen molar-refractivity contribution in [3.8, 4) is 0 Å². The molecule has 1 aromatic rings. The largest absolute Gasteiger partial charge is 0.462 e. The van der Waals surface area contributed by atoms with Crippen molar-refractivity contribution in [2.45, 2.75) is 33.1 Å². The number of nitrogens with one attached hydrogen (secondary N) is 1. The fourth-order valence-electron chi connectivity index (χ4n) is 1.50. The lowest BCUT2D eigenvalue weighted by atomic mass is 10.2. The van der Waals surface area contributed by atoms with Crippen LogP contribution in [0, 0.1) is 0 Å². The average molecular weight is 265 g/mol. The van der Waals surface area contributed by atoms with E-state index in [9.17, 15) is 4.79 Å². The predicted molar refractivity (Wildman–Crippen MR) is 78.1 cm³/mol. The van der Waals surface area contributed by atoms with Crippen molar-refractivity contribution in [2.24, 2.45) is 0 Å². The van der Waals surface area contributed by atoms with Crippen LogP contribution < -0.4 is 5.32 Å². The van der Waals surface area contributed by atoms with E-state index in [4.69, 9.17) is 17.0 Å². The van der Waals surface area contributed by atoms with Crippen LogP contribution in [0.25, 0.3) is 0 Å². The van der Waals surface area contributed by atoms with Crippen molar-refractivity contribution in [3.05, 3.63) is 29.8 Å². The molecule has 0 radical (unpaired) electrons. The zero-order valence-electron chi connectivity index (χ0n) is 10.9.